The number of alkyl halides is 1. The van der Waals surface area contributed by atoms with Crippen LogP contribution in [0, 0.1) is 11.7 Å². The number of ether oxygens (including phenoxy) is 1. The molecule has 0 amide bonds. The number of hydrogen-bond acceptors (Lipinski definition) is 1. The number of rotatable bonds is 6. The van der Waals surface area contributed by atoms with Gasteiger partial charge in [0.1, 0.15) is 5.82 Å². The van der Waals surface area contributed by atoms with Gasteiger partial charge in [0.25, 0.3) is 0 Å². The van der Waals surface area contributed by atoms with E-state index in [0.29, 0.717) is 12.2 Å². The van der Waals surface area contributed by atoms with Gasteiger partial charge in [-0.05, 0) is 37.7 Å². The summed E-state index contributed by atoms with van der Waals surface area (Å²) in [6.07, 6.45) is 7.22. The van der Waals surface area contributed by atoms with E-state index < -0.39 is 0 Å². The van der Waals surface area contributed by atoms with Crippen molar-refractivity contribution in [1.82, 2.24) is 0 Å². The highest BCUT2D eigenvalue weighted by atomic mass is 79.9. The highest BCUT2D eigenvalue weighted by Gasteiger charge is 2.35. The fourth-order valence-electron chi connectivity index (χ4n) is 3.06. The van der Waals surface area contributed by atoms with Gasteiger partial charge >= 0.3 is 0 Å². The standard InChI is InChI=1S/C17H24BrFO/c1-2-5-14-8-10-17(13-18,11-9-14)20-12-15-6-3-4-7-16(15)19/h3-4,6-7,14H,2,5,8-13H2,1H3. The van der Waals surface area contributed by atoms with Crippen LogP contribution in [-0.2, 0) is 11.3 Å². The summed E-state index contributed by atoms with van der Waals surface area (Å²) in [6, 6.07) is 6.88. The normalized spacial score (nSPS) is 26.6. The Balaban J connectivity index is 1.91. The van der Waals surface area contributed by atoms with Crippen LogP contribution in [0.3, 0.4) is 0 Å². The molecule has 0 saturated heterocycles. The van der Waals surface area contributed by atoms with Crippen LogP contribution >= 0.6 is 15.9 Å². The molecule has 1 aliphatic carbocycles. The predicted molar refractivity (Wildman–Crippen MR) is 84.6 cm³/mol. The molecule has 112 valence electrons. The molecule has 0 bridgehead atoms. The molecule has 3 heteroatoms. The molecular formula is C17H24BrFO. The molecule has 1 saturated carbocycles. The first-order chi connectivity index (χ1) is 9.69. The maximum absolute atomic E-state index is 13.6. The molecule has 0 atom stereocenters. The first-order valence-corrected chi connectivity index (χ1v) is 8.74. The van der Waals surface area contributed by atoms with Crippen molar-refractivity contribution in [2.75, 3.05) is 5.33 Å². The molecule has 0 spiro atoms. The van der Waals surface area contributed by atoms with Crippen LogP contribution in [0.1, 0.15) is 51.0 Å². The Labute approximate surface area is 130 Å². The van der Waals surface area contributed by atoms with Crippen molar-refractivity contribution in [1.29, 1.82) is 0 Å². The average Bonchev–Trinajstić information content (AvgIpc) is 2.49. The van der Waals surface area contributed by atoms with Gasteiger partial charge in [-0.15, -0.1) is 0 Å². The summed E-state index contributed by atoms with van der Waals surface area (Å²) in [5.74, 6) is 0.682. The second kappa shape index (κ2) is 7.56. The Morgan fingerprint density at radius 1 is 1.30 bits per heavy atom. The lowest BCUT2D eigenvalue weighted by molar-refractivity contribution is -0.0713. The number of benzene rings is 1. The third-order valence-electron chi connectivity index (χ3n) is 4.45. The first-order valence-electron chi connectivity index (χ1n) is 7.62. The number of halogens is 2. The largest absolute Gasteiger partial charge is 0.369 e. The van der Waals surface area contributed by atoms with Gasteiger partial charge in [0.05, 0.1) is 12.2 Å². The van der Waals surface area contributed by atoms with E-state index in [1.807, 2.05) is 6.07 Å². The predicted octanol–water partition coefficient (Wildman–Crippen LogP) is 5.47. The Bertz CT molecular complexity index is 413. The molecule has 1 nitrogen and oxygen atoms in total. The average molecular weight is 343 g/mol. The lowest BCUT2D eigenvalue weighted by Crippen LogP contribution is -2.38. The van der Waals surface area contributed by atoms with Crippen LogP contribution in [0.5, 0.6) is 0 Å². The summed E-state index contributed by atoms with van der Waals surface area (Å²) in [4.78, 5) is 0. The Morgan fingerprint density at radius 3 is 2.60 bits per heavy atom. The smallest absolute Gasteiger partial charge is 0.128 e. The van der Waals surface area contributed by atoms with Gasteiger partial charge in [0.2, 0.25) is 0 Å². The Kier molecular flexibility index (Phi) is 6.03. The highest BCUT2D eigenvalue weighted by molar-refractivity contribution is 9.09. The lowest BCUT2D eigenvalue weighted by atomic mass is 9.78. The van der Waals surface area contributed by atoms with Crippen molar-refractivity contribution in [2.45, 2.75) is 57.7 Å². The molecule has 2 rings (SSSR count). The van der Waals surface area contributed by atoms with Crippen molar-refractivity contribution >= 4 is 15.9 Å². The van der Waals surface area contributed by atoms with Gasteiger partial charge in [-0.2, -0.15) is 0 Å². The third kappa shape index (κ3) is 4.05. The second-order valence-electron chi connectivity index (χ2n) is 5.93. The minimum Gasteiger partial charge on any atom is -0.369 e. The SMILES string of the molecule is CCCC1CCC(CBr)(OCc2ccccc2F)CC1. The van der Waals surface area contributed by atoms with E-state index in [1.54, 1.807) is 12.1 Å². The van der Waals surface area contributed by atoms with Gasteiger partial charge < -0.3 is 4.74 Å². The summed E-state index contributed by atoms with van der Waals surface area (Å²) >= 11 is 3.60. The van der Waals surface area contributed by atoms with Crippen LogP contribution in [-0.4, -0.2) is 10.9 Å². The molecule has 0 heterocycles. The van der Waals surface area contributed by atoms with Gasteiger partial charge in [0, 0.05) is 10.9 Å². The summed E-state index contributed by atoms with van der Waals surface area (Å²) in [6.45, 7) is 2.62. The molecule has 1 aliphatic rings. The maximum Gasteiger partial charge on any atom is 0.128 e. The lowest BCUT2D eigenvalue weighted by Gasteiger charge is -2.39. The molecule has 1 aromatic carbocycles. The van der Waals surface area contributed by atoms with E-state index in [2.05, 4.69) is 22.9 Å². The summed E-state index contributed by atoms with van der Waals surface area (Å²) in [5, 5.41) is 0.841. The zero-order valence-corrected chi connectivity index (χ0v) is 13.8. The zero-order chi connectivity index (χ0) is 14.4. The van der Waals surface area contributed by atoms with Crippen molar-refractivity contribution in [3.05, 3.63) is 35.6 Å². The van der Waals surface area contributed by atoms with Crippen LogP contribution in [0.25, 0.3) is 0 Å². The highest BCUT2D eigenvalue weighted by Crippen LogP contribution is 2.38. The molecule has 0 radical (unpaired) electrons. The quantitative estimate of drug-likeness (QED) is 0.623. The summed E-state index contributed by atoms with van der Waals surface area (Å²) in [5.41, 5.74) is 0.551. The van der Waals surface area contributed by atoms with Crippen LogP contribution in [0.4, 0.5) is 4.39 Å². The second-order valence-corrected chi connectivity index (χ2v) is 6.49. The van der Waals surface area contributed by atoms with Crippen LogP contribution < -0.4 is 0 Å². The minimum absolute atomic E-state index is 0.105. The van der Waals surface area contributed by atoms with Crippen molar-refractivity contribution < 1.29 is 9.13 Å². The molecule has 1 aromatic rings. The van der Waals surface area contributed by atoms with E-state index in [0.717, 1.165) is 24.1 Å². The minimum atomic E-state index is -0.170. The first kappa shape index (κ1) is 16.0. The molecule has 1 fully saturated rings. The fourth-order valence-corrected chi connectivity index (χ4v) is 3.79. The van der Waals surface area contributed by atoms with E-state index in [-0.39, 0.29) is 11.4 Å². The molecule has 0 N–H and O–H groups in total. The van der Waals surface area contributed by atoms with Gasteiger partial charge in [-0.25, -0.2) is 4.39 Å². The summed E-state index contributed by atoms with van der Waals surface area (Å²) < 4.78 is 19.8. The Hall–Kier alpha value is -0.410. The molecule has 0 unspecified atom stereocenters. The van der Waals surface area contributed by atoms with Gasteiger partial charge in [-0.1, -0.05) is 53.9 Å². The van der Waals surface area contributed by atoms with E-state index >= 15 is 0 Å². The maximum atomic E-state index is 13.6. The Morgan fingerprint density at radius 2 is 2.00 bits per heavy atom. The zero-order valence-electron chi connectivity index (χ0n) is 12.2. The molecule has 0 aromatic heterocycles. The molecule has 20 heavy (non-hydrogen) atoms. The number of hydrogen-bond donors (Lipinski definition) is 0. The summed E-state index contributed by atoms with van der Waals surface area (Å²) in [7, 11) is 0. The van der Waals surface area contributed by atoms with Crippen molar-refractivity contribution in [3.63, 3.8) is 0 Å². The third-order valence-corrected chi connectivity index (χ3v) is 5.47. The fraction of sp³-hybridized carbons (Fsp3) is 0.647. The van der Waals surface area contributed by atoms with Gasteiger partial charge in [0.15, 0.2) is 0 Å². The van der Waals surface area contributed by atoms with Crippen molar-refractivity contribution in [3.8, 4) is 0 Å². The van der Waals surface area contributed by atoms with Crippen LogP contribution in [0.2, 0.25) is 0 Å². The van der Waals surface area contributed by atoms with Gasteiger partial charge in [-0.3, -0.25) is 0 Å². The van der Waals surface area contributed by atoms with E-state index in [9.17, 15) is 4.39 Å². The van der Waals surface area contributed by atoms with Crippen molar-refractivity contribution in [2.24, 2.45) is 5.92 Å². The van der Waals surface area contributed by atoms with E-state index in [4.69, 9.17) is 4.74 Å². The topological polar surface area (TPSA) is 9.23 Å². The molecule has 0 aliphatic heterocycles. The monoisotopic (exact) mass is 342 g/mol. The molecular weight excluding hydrogens is 319 g/mol. The van der Waals surface area contributed by atoms with Crippen LogP contribution in [0.15, 0.2) is 24.3 Å². The van der Waals surface area contributed by atoms with E-state index in [1.165, 1.54) is 31.7 Å².